The van der Waals surface area contributed by atoms with E-state index in [0.29, 0.717) is 6.54 Å². The van der Waals surface area contributed by atoms with Crippen LogP contribution in [0, 0.1) is 12.3 Å². The van der Waals surface area contributed by atoms with E-state index >= 15 is 0 Å². The Labute approximate surface area is 104 Å². The van der Waals surface area contributed by atoms with Crippen LogP contribution in [0.5, 0.6) is 0 Å². The van der Waals surface area contributed by atoms with Gasteiger partial charge in [0.1, 0.15) is 12.2 Å². The number of terminal acetylenes is 1. The number of carbonyl (C=O) groups is 1. The molecular formula is C13H21NO3. The monoisotopic (exact) mass is 239 g/mol. The largest absolute Gasteiger partial charge is 0.442 e. The van der Waals surface area contributed by atoms with Crippen molar-refractivity contribution < 1.29 is 14.4 Å². The first-order valence-electron chi connectivity index (χ1n) is 5.58. The van der Waals surface area contributed by atoms with E-state index in [4.69, 9.17) is 16.0 Å². The Morgan fingerprint density at radius 1 is 1.53 bits per heavy atom. The van der Waals surface area contributed by atoms with Gasteiger partial charge in [-0.05, 0) is 33.6 Å². The number of hydrogen-bond donors (Lipinski definition) is 0. The van der Waals surface area contributed by atoms with Crippen LogP contribution in [0.15, 0.2) is 12.7 Å². The minimum atomic E-state index is -0.548. The second-order valence-corrected chi connectivity index (χ2v) is 4.49. The van der Waals surface area contributed by atoms with Crippen LogP contribution in [0.1, 0.15) is 33.6 Å². The van der Waals surface area contributed by atoms with Crippen molar-refractivity contribution in [3.8, 4) is 12.3 Å². The summed E-state index contributed by atoms with van der Waals surface area (Å²) in [6.45, 7) is 9.50. The standard InChI is InChI=1S/C13H21NO3/c1-6-8-9-10-14(16-11-7-2)12(15)17-13(3,4)5/h2,6H,1,8-11H2,3-5H3. The molecule has 0 aromatic carbocycles. The molecule has 0 spiro atoms. The van der Waals surface area contributed by atoms with Crippen molar-refractivity contribution in [1.82, 2.24) is 5.06 Å². The quantitative estimate of drug-likeness (QED) is 0.309. The number of hydroxylamine groups is 2. The van der Waals surface area contributed by atoms with Crippen molar-refractivity contribution in [2.45, 2.75) is 39.2 Å². The molecule has 4 nitrogen and oxygen atoms in total. The number of amides is 1. The van der Waals surface area contributed by atoms with Crippen LogP contribution in [0.25, 0.3) is 0 Å². The Kier molecular flexibility index (Phi) is 7.08. The SMILES string of the molecule is C#CCON(CCCC=C)C(=O)OC(C)(C)C. The minimum Gasteiger partial charge on any atom is -0.442 e. The lowest BCUT2D eigenvalue weighted by atomic mass is 10.2. The van der Waals surface area contributed by atoms with Crippen LogP contribution in [0.4, 0.5) is 4.79 Å². The fraction of sp³-hybridized carbons (Fsp3) is 0.615. The highest BCUT2D eigenvalue weighted by molar-refractivity contribution is 5.66. The van der Waals surface area contributed by atoms with Crippen molar-refractivity contribution in [3.63, 3.8) is 0 Å². The maximum Gasteiger partial charge on any atom is 0.434 e. The van der Waals surface area contributed by atoms with E-state index in [-0.39, 0.29) is 6.61 Å². The fourth-order valence-corrected chi connectivity index (χ4v) is 1.02. The van der Waals surface area contributed by atoms with Crippen molar-refractivity contribution in [2.24, 2.45) is 0 Å². The highest BCUT2D eigenvalue weighted by Crippen LogP contribution is 2.11. The average molecular weight is 239 g/mol. The summed E-state index contributed by atoms with van der Waals surface area (Å²) in [5.74, 6) is 2.31. The summed E-state index contributed by atoms with van der Waals surface area (Å²) in [4.78, 5) is 16.9. The fourth-order valence-electron chi connectivity index (χ4n) is 1.02. The van der Waals surface area contributed by atoms with Gasteiger partial charge in [-0.1, -0.05) is 12.0 Å². The lowest BCUT2D eigenvalue weighted by Crippen LogP contribution is -2.37. The molecule has 0 saturated heterocycles. The molecule has 0 aromatic rings. The summed E-state index contributed by atoms with van der Waals surface area (Å²) in [5.41, 5.74) is -0.548. The second kappa shape index (κ2) is 7.75. The van der Waals surface area contributed by atoms with Crippen LogP contribution < -0.4 is 0 Å². The van der Waals surface area contributed by atoms with E-state index in [0.717, 1.165) is 17.9 Å². The Hall–Kier alpha value is -1.47. The highest BCUT2D eigenvalue weighted by atomic mass is 16.7. The first kappa shape index (κ1) is 15.5. The lowest BCUT2D eigenvalue weighted by Gasteiger charge is -2.26. The maximum atomic E-state index is 11.7. The predicted molar refractivity (Wildman–Crippen MR) is 67.2 cm³/mol. The van der Waals surface area contributed by atoms with Gasteiger partial charge in [-0.15, -0.1) is 13.0 Å². The van der Waals surface area contributed by atoms with E-state index in [1.165, 1.54) is 0 Å². The van der Waals surface area contributed by atoms with Crippen LogP contribution in [0.2, 0.25) is 0 Å². The van der Waals surface area contributed by atoms with E-state index in [1.807, 2.05) is 0 Å². The molecule has 0 aromatic heterocycles. The molecule has 0 aliphatic heterocycles. The maximum absolute atomic E-state index is 11.7. The van der Waals surface area contributed by atoms with Gasteiger partial charge in [0.2, 0.25) is 0 Å². The van der Waals surface area contributed by atoms with Gasteiger partial charge in [-0.3, -0.25) is 4.84 Å². The summed E-state index contributed by atoms with van der Waals surface area (Å²) in [7, 11) is 0. The number of ether oxygens (including phenoxy) is 1. The van der Waals surface area contributed by atoms with E-state index in [9.17, 15) is 4.79 Å². The van der Waals surface area contributed by atoms with Crippen LogP contribution in [-0.2, 0) is 9.57 Å². The molecule has 17 heavy (non-hydrogen) atoms. The number of allylic oxidation sites excluding steroid dienone is 1. The van der Waals surface area contributed by atoms with Crippen LogP contribution in [0.3, 0.4) is 0 Å². The molecule has 96 valence electrons. The summed E-state index contributed by atoms with van der Waals surface area (Å²) >= 11 is 0. The van der Waals surface area contributed by atoms with E-state index in [1.54, 1.807) is 26.8 Å². The zero-order valence-electron chi connectivity index (χ0n) is 10.9. The van der Waals surface area contributed by atoms with Crippen molar-refractivity contribution in [3.05, 3.63) is 12.7 Å². The van der Waals surface area contributed by atoms with Crippen LogP contribution >= 0.6 is 0 Å². The molecular weight excluding hydrogens is 218 g/mol. The van der Waals surface area contributed by atoms with Gasteiger partial charge in [0.25, 0.3) is 0 Å². The average Bonchev–Trinajstić information content (AvgIpc) is 2.20. The zero-order chi connectivity index (χ0) is 13.3. The van der Waals surface area contributed by atoms with Crippen molar-refractivity contribution >= 4 is 6.09 Å². The molecule has 0 bridgehead atoms. The lowest BCUT2D eigenvalue weighted by molar-refractivity contribution is -0.136. The number of carbonyl (C=O) groups excluding carboxylic acids is 1. The highest BCUT2D eigenvalue weighted by Gasteiger charge is 2.22. The van der Waals surface area contributed by atoms with Gasteiger partial charge in [0, 0.05) is 0 Å². The molecule has 0 radical (unpaired) electrons. The number of hydrogen-bond acceptors (Lipinski definition) is 3. The Morgan fingerprint density at radius 2 is 2.18 bits per heavy atom. The number of unbranched alkanes of at least 4 members (excludes halogenated alkanes) is 1. The molecule has 0 unspecified atom stereocenters. The summed E-state index contributed by atoms with van der Waals surface area (Å²) in [5, 5.41) is 1.16. The van der Waals surface area contributed by atoms with Gasteiger partial charge in [-0.2, -0.15) is 5.06 Å². The predicted octanol–water partition coefficient (Wildman–Crippen LogP) is 2.75. The molecule has 0 aliphatic carbocycles. The van der Waals surface area contributed by atoms with Gasteiger partial charge >= 0.3 is 6.09 Å². The topological polar surface area (TPSA) is 38.8 Å². The number of nitrogens with zero attached hydrogens (tertiary/aromatic N) is 1. The first-order chi connectivity index (χ1) is 7.90. The molecule has 0 N–H and O–H groups in total. The molecule has 0 saturated carbocycles. The summed E-state index contributed by atoms with van der Waals surface area (Å²) < 4.78 is 5.20. The Bertz CT molecular complexity index is 286. The Balaban J connectivity index is 4.29. The third kappa shape index (κ3) is 8.35. The van der Waals surface area contributed by atoms with Crippen molar-refractivity contribution in [2.75, 3.05) is 13.2 Å². The van der Waals surface area contributed by atoms with Gasteiger partial charge < -0.3 is 4.74 Å². The smallest absolute Gasteiger partial charge is 0.434 e. The molecule has 0 fully saturated rings. The molecule has 0 heterocycles. The number of rotatable bonds is 6. The van der Waals surface area contributed by atoms with Crippen molar-refractivity contribution in [1.29, 1.82) is 0 Å². The first-order valence-corrected chi connectivity index (χ1v) is 5.58. The zero-order valence-corrected chi connectivity index (χ0v) is 10.9. The molecule has 0 atom stereocenters. The van der Waals surface area contributed by atoms with Gasteiger partial charge in [0.05, 0.1) is 6.54 Å². The normalized spacial score (nSPS) is 10.5. The molecule has 0 aliphatic rings. The third-order valence-electron chi connectivity index (χ3n) is 1.67. The van der Waals surface area contributed by atoms with Gasteiger partial charge in [0.15, 0.2) is 0 Å². The third-order valence-corrected chi connectivity index (χ3v) is 1.67. The molecule has 4 heteroatoms. The minimum absolute atomic E-state index is 0.0489. The molecule has 0 rings (SSSR count). The summed E-state index contributed by atoms with van der Waals surface area (Å²) in [6.07, 6.45) is 7.92. The van der Waals surface area contributed by atoms with E-state index in [2.05, 4.69) is 12.5 Å². The second-order valence-electron chi connectivity index (χ2n) is 4.49. The van der Waals surface area contributed by atoms with Crippen LogP contribution in [-0.4, -0.2) is 29.9 Å². The van der Waals surface area contributed by atoms with E-state index < -0.39 is 11.7 Å². The summed E-state index contributed by atoms with van der Waals surface area (Å²) in [6, 6.07) is 0. The van der Waals surface area contributed by atoms with Gasteiger partial charge in [-0.25, -0.2) is 4.79 Å². The Morgan fingerprint density at radius 3 is 2.65 bits per heavy atom. The molecule has 1 amide bonds.